The van der Waals surface area contributed by atoms with E-state index in [0.29, 0.717) is 26.2 Å². The first-order chi connectivity index (χ1) is 31.0. The molecule has 0 aromatic heterocycles. The topological polar surface area (TPSA) is 103 Å². The van der Waals surface area contributed by atoms with Crippen LogP contribution in [-0.2, 0) is 32.2 Å². The lowest BCUT2D eigenvalue weighted by Crippen LogP contribution is -2.57. The molecule has 3 fully saturated rings. The molecule has 1 unspecified atom stereocenters. The monoisotopic (exact) mass is 857 g/mol. The highest BCUT2D eigenvalue weighted by Gasteiger charge is 2.51. The van der Waals surface area contributed by atoms with Gasteiger partial charge in [0.1, 0.15) is 5.54 Å². The van der Waals surface area contributed by atoms with Gasteiger partial charge in [0.05, 0.1) is 25.5 Å². The van der Waals surface area contributed by atoms with Crippen LogP contribution in [0.25, 0.3) is 0 Å². The van der Waals surface area contributed by atoms with Crippen molar-refractivity contribution in [3.8, 4) is 0 Å². The quantitative estimate of drug-likeness (QED) is 0.0639. The Morgan fingerprint density at radius 2 is 1.27 bits per heavy atom. The van der Waals surface area contributed by atoms with Gasteiger partial charge in [-0.05, 0) is 53.6 Å². The van der Waals surface area contributed by atoms with Crippen LogP contribution in [0.4, 0.5) is 5.69 Å². The number of carbonyl (C=O) groups excluding carboxylic acids is 2. The Kier molecular flexibility index (Phi) is 17.7. The van der Waals surface area contributed by atoms with E-state index in [9.17, 15) is 14.7 Å². The molecule has 4 aromatic carbocycles. The fraction of sp³-hybridized carbons (Fsp3) is 0.519. The maximum Gasteiger partial charge on any atom is 0.247 e. The van der Waals surface area contributed by atoms with Gasteiger partial charge in [-0.25, -0.2) is 0 Å². The molecule has 0 bridgehead atoms. The Bertz CT molecular complexity index is 1950. The second-order valence-electron chi connectivity index (χ2n) is 18.2. The lowest BCUT2D eigenvalue weighted by Gasteiger charge is -2.47. The van der Waals surface area contributed by atoms with Gasteiger partial charge in [-0.15, -0.1) is 0 Å². The molecule has 63 heavy (non-hydrogen) atoms. The number of unbranched alkanes of at least 4 members (excludes halogenated alkanes) is 12. The number of nitrogens with one attached hydrogen (secondary N) is 2. The molecule has 3 aliphatic heterocycles. The number of aliphatic hydroxyl groups excluding tert-OH is 1. The van der Waals surface area contributed by atoms with Crippen molar-refractivity contribution in [2.75, 3.05) is 31.2 Å². The van der Waals surface area contributed by atoms with Gasteiger partial charge >= 0.3 is 0 Å². The number of hydrogen-bond acceptors (Lipinski definition) is 7. The standard InChI is InChI=1S/C54H72N4O5/c1-2-3-4-5-6-7-8-9-10-11-12-13-20-25-49(60)55-38-42-26-32-46(33-27-42)52-62-48(50(44-21-16-14-17-22-44)51(63-52)45-30-28-43(40-59)29-31-45)39-57-36-34-54(35-37-57)53(61)56-41-58(54)47-23-18-15-19-24-47/h14-19,21-24,26-33,48,50-52,59H,2-13,20,25,34-41H2,1H3,(H,55,60)(H,56,61)/t48-,50-,51+,52?/m1/s1. The Morgan fingerprint density at radius 1 is 0.698 bits per heavy atom. The number of hydrogen-bond donors (Lipinski definition) is 3. The van der Waals surface area contributed by atoms with Gasteiger partial charge in [0.15, 0.2) is 6.29 Å². The highest BCUT2D eigenvalue weighted by Crippen LogP contribution is 2.47. The fourth-order valence-corrected chi connectivity index (χ4v) is 9.94. The maximum absolute atomic E-state index is 13.5. The van der Waals surface area contributed by atoms with Crippen LogP contribution in [0.5, 0.6) is 0 Å². The van der Waals surface area contributed by atoms with E-state index in [1.54, 1.807) is 0 Å². The van der Waals surface area contributed by atoms with E-state index in [2.05, 4.69) is 100 Å². The van der Waals surface area contributed by atoms with Crippen LogP contribution in [0.1, 0.15) is 156 Å². The summed E-state index contributed by atoms with van der Waals surface area (Å²) in [6.07, 6.45) is 17.7. The zero-order chi connectivity index (χ0) is 43.7. The number of likely N-dealkylation sites (tertiary alicyclic amines) is 1. The van der Waals surface area contributed by atoms with E-state index in [1.807, 2.05) is 36.4 Å². The summed E-state index contributed by atoms with van der Waals surface area (Å²) in [5.41, 5.74) is 5.47. The van der Waals surface area contributed by atoms with E-state index in [-0.39, 0.29) is 36.5 Å². The largest absolute Gasteiger partial charge is 0.392 e. The summed E-state index contributed by atoms with van der Waals surface area (Å²) >= 11 is 0. The van der Waals surface area contributed by atoms with Crippen LogP contribution in [0.2, 0.25) is 0 Å². The number of amides is 2. The Balaban J connectivity index is 0.963. The van der Waals surface area contributed by atoms with E-state index in [0.717, 1.165) is 72.3 Å². The molecule has 4 atom stereocenters. The minimum atomic E-state index is -0.623. The molecule has 7 rings (SSSR count). The van der Waals surface area contributed by atoms with Crippen LogP contribution >= 0.6 is 0 Å². The zero-order valence-electron chi connectivity index (χ0n) is 37.7. The molecular weight excluding hydrogens is 785 g/mol. The van der Waals surface area contributed by atoms with E-state index >= 15 is 0 Å². The lowest BCUT2D eigenvalue weighted by molar-refractivity contribution is -0.264. The molecule has 9 heteroatoms. The molecular formula is C54H72N4O5. The molecule has 9 nitrogen and oxygen atoms in total. The second-order valence-corrected chi connectivity index (χ2v) is 18.2. The highest BCUT2D eigenvalue weighted by atomic mass is 16.7. The Hall–Kier alpha value is -4.54. The molecule has 3 N–H and O–H groups in total. The third-order valence-electron chi connectivity index (χ3n) is 13.7. The summed E-state index contributed by atoms with van der Waals surface area (Å²) in [4.78, 5) is 31.0. The second kappa shape index (κ2) is 23.9. The average molecular weight is 857 g/mol. The molecule has 3 heterocycles. The van der Waals surface area contributed by atoms with Crippen molar-refractivity contribution in [1.29, 1.82) is 0 Å². The molecule has 4 aromatic rings. The molecule has 0 aliphatic carbocycles. The molecule has 0 saturated carbocycles. The van der Waals surface area contributed by atoms with E-state index in [4.69, 9.17) is 9.47 Å². The van der Waals surface area contributed by atoms with Crippen molar-refractivity contribution in [3.63, 3.8) is 0 Å². The Labute approximate surface area is 376 Å². The van der Waals surface area contributed by atoms with Crippen molar-refractivity contribution in [2.24, 2.45) is 0 Å². The molecule has 0 radical (unpaired) electrons. The molecule has 3 saturated heterocycles. The number of anilines is 1. The van der Waals surface area contributed by atoms with Gasteiger partial charge in [0, 0.05) is 49.8 Å². The minimum Gasteiger partial charge on any atom is -0.392 e. The number of nitrogens with zero attached hydrogens (tertiary/aromatic N) is 2. The highest BCUT2D eigenvalue weighted by molar-refractivity contribution is 5.93. The summed E-state index contributed by atoms with van der Waals surface area (Å²) in [6.45, 7) is 5.46. The SMILES string of the molecule is CCCCCCCCCCCCCCCC(=O)NCc1ccc(C2O[C@H](CN3CCC4(CC3)C(=O)NCN4c3ccccc3)[C@@H](c3ccccc3)[C@H](c3ccc(CO)cc3)O2)cc1. The minimum absolute atomic E-state index is 0.0231. The van der Waals surface area contributed by atoms with Gasteiger partial charge in [-0.2, -0.15) is 0 Å². The van der Waals surface area contributed by atoms with E-state index in [1.165, 1.54) is 70.6 Å². The predicted octanol–water partition coefficient (Wildman–Crippen LogP) is 10.6. The molecule has 2 amide bonds. The van der Waals surface area contributed by atoms with Gasteiger partial charge in [-0.3, -0.25) is 9.59 Å². The maximum atomic E-state index is 13.5. The lowest BCUT2D eigenvalue weighted by atomic mass is 9.82. The van der Waals surface area contributed by atoms with Gasteiger partial charge in [0.25, 0.3) is 0 Å². The number of piperidine rings is 1. The number of carbonyl (C=O) groups is 2. The third-order valence-corrected chi connectivity index (χ3v) is 13.7. The van der Waals surface area contributed by atoms with Crippen molar-refractivity contribution in [2.45, 2.75) is 153 Å². The zero-order valence-corrected chi connectivity index (χ0v) is 37.7. The summed E-state index contributed by atoms with van der Waals surface area (Å²) in [5, 5.41) is 16.1. The first kappa shape index (κ1) is 46.5. The van der Waals surface area contributed by atoms with Crippen molar-refractivity contribution in [3.05, 3.63) is 137 Å². The third kappa shape index (κ3) is 12.6. The summed E-state index contributed by atoms with van der Waals surface area (Å²) < 4.78 is 14.0. The number of aliphatic hydroxyl groups is 1. The van der Waals surface area contributed by atoms with Gasteiger partial charge < -0.3 is 35.0 Å². The van der Waals surface area contributed by atoms with Crippen LogP contribution < -0.4 is 15.5 Å². The molecule has 338 valence electrons. The number of benzene rings is 4. The Morgan fingerprint density at radius 3 is 1.89 bits per heavy atom. The van der Waals surface area contributed by atoms with Gasteiger partial charge in [-0.1, -0.05) is 181 Å². The number of para-hydroxylation sites is 1. The van der Waals surface area contributed by atoms with Crippen molar-refractivity contribution in [1.82, 2.24) is 15.5 Å². The summed E-state index contributed by atoms with van der Waals surface area (Å²) in [6, 6.07) is 37.1. The molecule has 3 aliphatic rings. The normalized spacial score (nSPS) is 21.1. The van der Waals surface area contributed by atoms with Crippen LogP contribution in [0.15, 0.2) is 109 Å². The van der Waals surface area contributed by atoms with E-state index < -0.39 is 11.8 Å². The first-order valence-corrected chi connectivity index (χ1v) is 24.2. The van der Waals surface area contributed by atoms with Crippen molar-refractivity contribution < 1.29 is 24.2 Å². The van der Waals surface area contributed by atoms with Gasteiger partial charge in [0.2, 0.25) is 11.8 Å². The first-order valence-electron chi connectivity index (χ1n) is 24.2. The average Bonchev–Trinajstić information content (AvgIpc) is 3.64. The van der Waals surface area contributed by atoms with Crippen LogP contribution in [-0.4, -0.2) is 59.8 Å². The fourth-order valence-electron chi connectivity index (χ4n) is 9.94. The van der Waals surface area contributed by atoms with Crippen molar-refractivity contribution >= 4 is 17.5 Å². The van der Waals surface area contributed by atoms with Crippen LogP contribution in [0, 0.1) is 0 Å². The number of rotatable bonds is 23. The molecule has 1 spiro atoms. The number of ether oxygens (including phenoxy) is 2. The predicted molar refractivity (Wildman–Crippen MR) is 252 cm³/mol. The summed E-state index contributed by atoms with van der Waals surface area (Å²) in [5.74, 6) is 0.106. The summed E-state index contributed by atoms with van der Waals surface area (Å²) in [7, 11) is 0. The van der Waals surface area contributed by atoms with Crippen LogP contribution in [0.3, 0.4) is 0 Å². The smallest absolute Gasteiger partial charge is 0.247 e.